The summed E-state index contributed by atoms with van der Waals surface area (Å²) in [5, 5.41) is 0. The molecule has 0 radical (unpaired) electrons. The maximum Gasteiger partial charge on any atom is 0.259 e. The van der Waals surface area contributed by atoms with Gasteiger partial charge < -0.3 is 0 Å². The van der Waals surface area contributed by atoms with E-state index in [9.17, 15) is 4.79 Å². The van der Waals surface area contributed by atoms with Gasteiger partial charge in [-0.15, -0.1) is 0 Å². The van der Waals surface area contributed by atoms with E-state index < -0.39 is 0 Å². The van der Waals surface area contributed by atoms with Crippen LogP contribution in [-0.2, 0) is 0 Å². The first kappa shape index (κ1) is 10.9. The first-order chi connectivity index (χ1) is 7.40. The molecule has 0 bridgehead atoms. The molecule has 0 spiro atoms. The molecule has 0 aliphatic carbocycles. The van der Waals surface area contributed by atoms with Crippen molar-refractivity contribution in [2.24, 2.45) is 4.99 Å². The lowest BCUT2D eigenvalue weighted by molar-refractivity contribution is 0.0882. The van der Waals surface area contributed by atoms with Crippen LogP contribution in [0.2, 0.25) is 0 Å². The van der Waals surface area contributed by atoms with E-state index in [-0.39, 0.29) is 11.4 Å². The van der Waals surface area contributed by atoms with Gasteiger partial charge in [-0.2, -0.15) is 0 Å². The standard InChI is InChI=1S/C13H16N2O/c1-13(2,3)14-11-9-7-5-6-8-10(9)12(16)15(11)4/h5-8H,1-4H3. The Kier molecular flexibility index (Phi) is 2.34. The molecule has 1 aliphatic heterocycles. The van der Waals surface area contributed by atoms with Crippen LogP contribution >= 0.6 is 0 Å². The van der Waals surface area contributed by atoms with Crippen molar-refractivity contribution >= 4 is 11.7 Å². The van der Waals surface area contributed by atoms with E-state index >= 15 is 0 Å². The van der Waals surface area contributed by atoms with Crippen molar-refractivity contribution in [2.45, 2.75) is 26.3 Å². The summed E-state index contributed by atoms with van der Waals surface area (Å²) in [6.07, 6.45) is 0. The Balaban J connectivity index is 2.58. The highest BCUT2D eigenvalue weighted by Crippen LogP contribution is 2.23. The predicted octanol–water partition coefficient (Wildman–Crippen LogP) is 2.32. The maximum absolute atomic E-state index is 11.9. The van der Waals surface area contributed by atoms with Crippen molar-refractivity contribution in [1.29, 1.82) is 0 Å². The van der Waals surface area contributed by atoms with E-state index in [1.165, 1.54) is 0 Å². The van der Waals surface area contributed by atoms with E-state index in [1.54, 1.807) is 11.9 Å². The average Bonchev–Trinajstić information content (AvgIpc) is 2.43. The Morgan fingerprint density at radius 3 is 2.25 bits per heavy atom. The summed E-state index contributed by atoms with van der Waals surface area (Å²) < 4.78 is 0. The second-order valence-corrected chi connectivity index (χ2v) is 5.02. The SMILES string of the molecule is CN1C(=O)c2ccccc2C1=NC(C)(C)C. The lowest BCUT2D eigenvalue weighted by Gasteiger charge is -2.17. The number of hydrogen-bond acceptors (Lipinski definition) is 2. The van der Waals surface area contributed by atoms with Crippen LogP contribution in [0.5, 0.6) is 0 Å². The molecule has 0 atom stereocenters. The minimum absolute atomic E-state index is 0.0265. The van der Waals surface area contributed by atoms with Crippen molar-refractivity contribution in [3.63, 3.8) is 0 Å². The van der Waals surface area contributed by atoms with E-state index in [4.69, 9.17) is 0 Å². The van der Waals surface area contributed by atoms with E-state index in [0.29, 0.717) is 0 Å². The zero-order valence-corrected chi connectivity index (χ0v) is 10.1. The summed E-state index contributed by atoms with van der Waals surface area (Å²) in [7, 11) is 1.77. The van der Waals surface area contributed by atoms with Crippen molar-refractivity contribution in [3.8, 4) is 0 Å². The summed E-state index contributed by atoms with van der Waals surface area (Å²) in [6, 6.07) is 7.61. The Morgan fingerprint density at radius 1 is 1.12 bits per heavy atom. The normalized spacial score (nSPS) is 18.1. The van der Waals surface area contributed by atoms with Crippen LogP contribution in [0.1, 0.15) is 36.7 Å². The van der Waals surface area contributed by atoms with Gasteiger partial charge >= 0.3 is 0 Å². The third kappa shape index (κ3) is 1.73. The summed E-state index contributed by atoms with van der Waals surface area (Å²) >= 11 is 0. The fourth-order valence-electron chi connectivity index (χ4n) is 1.78. The van der Waals surface area contributed by atoms with Gasteiger partial charge in [0, 0.05) is 12.6 Å². The molecular weight excluding hydrogens is 200 g/mol. The zero-order valence-electron chi connectivity index (χ0n) is 10.1. The molecule has 0 fully saturated rings. The van der Waals surface area contributed by atoms with Crippen LogP contribution in [0.4, 0.5) is 0 Å². The fraction of sp³-hybridized carbons (Fsp3) is 0.385. The van der Waals surface area contributed by atoms with Gasteiger partial charge in [0.25, 0.3) is 5.91 Å². The van der Waals surface area contributed by atoms with Gasteiger partial charge in [-0.3, -0.25) is 14.7 Å². The molecule has 0 N–H and O–H groups in total. The summed E-state index contributed by atoms with van der Waals surface area (Å²) in [5.74, 6) is 0.798. The first-order valence-electron chi connectivity index (χ1n) is 5.37. The molecule has 0 unspecified atom stereocenters. The average molecular weight is 216 g/mol. The molecule has 0 aromatic heterocycles. The number of rotatable bonds is 0. The van der Waals surface area contributed by atoms with Gasteiger partial charge in [-0.25, -0.2) is 0 Å². The molecule has 1 aromatic carbocycles. The maximum atomic E-state index is 11.9. The van der Waals surface area contributed by atoms with Crippen molar-refractivity contribution in [3.05, 3.63) is 35.4 Å². The Morgan fingerprint density at radius 2 is 1.69 bits per heavy atom. The molecule has 0 saturated heterocycles. The molecule has 16 heavy (non-hydrogen) atoms. The van der Waals surface area contributed by atoms with Crippen LogP contribution in [0, 0.1) is 0 Å². The van der Waals surface area contributed by atoms with Crippen molar-refractivity contribution < 1.29 is 4.79 Å². The quantitative estimate of drug-likeness (QED) is 0.655. The van der Waals surface area contributed by atoms with Crippen LogP contribution in [0.3, 0.4) is 0 Å². The number of carbonyl (C=O) groups excluding carboxylic acids is 1. The largest absolute Gasteiger partial charge is 0.296 e. The summed E-state index contributed by atoms with van der Waals surface area (Å²) in [6.45, 7) is 6.08. The number of benzene rings is 1. The Hall–Kier alpha value is -1.64. The second-order valence-electron chi connectivity index (χ2n) is 5.02. The lowest BCUT2D eigenvalue weighted by atomic mass is 10.1. The third-order valence-electron chi connectivity index (χ3n) is 2.46. The van der Waals surface area contributed by atoms with Gasteiger partial charge in [0.05, 0.1) is 11.1 Å². The molecule has 1 aliphatic rings. The van der Waals surface area contributed by atoms with E-state index in [1.807, 2.05) is 45.0 Å². The topological polar surface area (TPSA) is 32.7 Å². The second kappa shape index (κ2) is 3.44. The first-order valence-corrected chi connectivity index (χ1v) is 5.37. The van der Waals surface area contributed by atoms with Gasteiger partial charge in [0.15, 0.2) is 0 Å². The fourth-order valence-corrected chi connectivity index (χ4v) is 1.78. The number of nitrogens with zero attached hydrogens (tertiary/aromatic N) is 2. The molecular formula is C13H16N2O. The number of amidine groups is 1. The van der Waals surface area contributed by atoms with E-state index in [2.05, 4.69) is 4.99 Å². The minimum atomic E-state index is -0.179. The molecule has 84 valence electrons. The molecule has 1 amide bonds. The number of fused-ring (bicyclic) bond motifs is 1. The Bertz CT molecular complexity index is 469. The number of amides is 1. The Labute approximate surface area is 95.8 Å². The zero-order chi connectivity index (χ0) is 11.9. The predicted molar refractivity (Wildman–Crippen MR) is 64.8 cm³/mol. The van der Waals surface area contributed by atoms with Gasteiger partial charge in [0.1, 0.15) is 5.84 Å². The number of carbonyl (C=O) groups is 1. The molecule has 3 heteroatoms. The molecule has 0 saturated carbocycles. The molecule has 3 nitrogen and oxygen atoms in total. The number of aliphatic imine (C=N–C) groups is 1. The smallest absolute Gasteiger partial charge is 0.259 e. The number of hydrogen-bond donors (Lipinski definition) is 0. The lowest BCUT2D eigenvalue weighted by Crippen LogP contribution is -2.28. The van der Waals surface area contributed by atoms with E-state index in [0.717, 1.165) is 17.0 Å². The summed E-state index contributed by atoms with van der Waals surface area (Å²) in [4.78, 5) is 18.2. The highest BCUT2D eigenvalue weighted by molar-refractivity contribution is 6.23. The van der Waals surface area contributed by atoms with Gasteiger partial charge in [-0.1, -0.05) is 18.2 Å². The summed E-state index contributed by atoms with van der Waals surface area (Å²) in [5.41, 5.74) is 1.50. The van der Waals surface area contributed by atoms with Gasteiger partial charge in [-0.05, 0) is 26.8 Å². The van der Waals surface area contributed by atoms with Crippen molar-refractivity contribution in [1.82, 2.24) is 4.90 Å². The highest BCUT2D eigenvalue weighted by Gasteiger charge is 2.31. The molecule has 1 aromatic rings. The van der Waals surface area contributed by atoms with Crippen LogP contribution in [0.15, 0.2) is 29.3 Å². The van der Waals surface area contributed by atoms with Crippen molar-refractivity contribution in [2.75, 3.05) is 7.05 Å². The highest BCUT2D eigenvalue weighted by atomic mass is 16.2. The van der Waals surface area contributed by atoms with Crippen LogP contribution in [0.25, 0.3) is 0 Å². The third-order valence-corrected chi connectivity index (χ3v) is 2.46. The monoisotopic (exact) mass is 216 g/mol. The molecule has 1 heterocycles. The van der Waals surface area contributed by atoms with Crippen LogP contribution < -0.4 is 0 Å². The van der Waals surface area contributed by atoms with Crippen LogP contribution in [-0.4, -0.2) is 29.2 Å². The van der Waals surface area contributed by atoms with Gasteiger partial charge in [0.2, 0.25) is 0 Å². The molecule has 2 rings (SSSR count). The minimum Gasteiger partial charge on any atom is -0.296 e.